The second-order valence-corrected chi connectivity index (χ2v) is 3.46. The molecule has 0 saturated heterocycles. The molecule has 0 spiro atoms. The number of halogens is 1. The first kappa shape index (κ1) is 9.71. The van der Waals surface area contributed by atoms with Crippen molar-refractivity contribution < 1.29 is 10.2 Å². The Balaban J connectivity index is 2.95. The Hall–Kier alpha value is -0.380. The minimum Gasteiger partial charge on any atom is -0.396 e. The van der Waals surface area contributed by atoms with E-state index in [4.69, 9.17) is 10.2 Å². The van der Waals surface area contributed by atoms with Crippen LogP contribution in [0.1, 0.15) is 11.1 Å². The van der Waals surface area contributed by atoms with E-state index in [0.29, 0.717) is 6.42 Å². The van der Waals surface area contributed by atoms with Gasteiger partial charge in [0.15, 0.2) is 0 Å². The number of hydrogen-bond acceptors (Lipinski definition) is 2. The van der Waals surface area contributed by atoms with Gasteiger partial charge in [-0.2, -0.15) is 0 Å². The van der Waals surface area contributed by atoms with Gasteiger partial charge in [0.1, 0.15) is 0 Å². The van der Waals surface area contributed by atoms with Crippen molar-refractivity contribution in [1.29, 1.82) is 0 Å². The first-order chi connectivity index (χ1) is 5.77. The van der Waals surface area contributed by atoms with Gasteiger partial charge in [-0.05, 0) is 29.7 Å². The number of rotatable bonds is 3. The van der Waals surface area contributed by atoms with Crippen molar-refractivity contribution in [2.24, 2.45) is 0 Å². The molecule has 1 aromatic rings. The van der Waals surface area contributed by atoms with Gasteiger partial charge in [0, 0.05) is 11.1 Å². The van der Waals surface area contributed by atoms with Crippen LogP contribution in [0.3, 0.4) is 0 Å². The Labute approximate surface area is 80.0 Å². The topological polar surface area (TPSA) is 40.5 Å². The smallest absolute Gasteiger partial charge is 0.0684 e. The van der Waals surface area contributed by atoms with E-state index in [1.54, 1.807) is 0 Å². The summed E-state index contributed by atoms with van der Waals surface area (Å²) in [7, 11) is 0. The summed E-state index contributed by atoms with van der Waals surface area (Å²) in [4.78, 5) is 0. The zero-order chi connectivity index (χ0) is 8.97. The minimum absolute atomic E-state index is 0.0304. The van der Waals surface area contributed by atoms with Gasteiger partial charge in [0.2, 0.25) is 0 Å². The molecule has 2 nitrogen and oxygen atoms in total. The average Bonchev–Trinajstić information content (AvgIpc) is 2.05. The number of benzene rings is 1. The van der Waals surface area contributed by atoms with Crippen molar-refractivity contribution in [3.63, 3.8) is 0 Å². The molecule has 0 unspecified atom stereocenters. The summed E-state index contributed by atoms with van der Waals surface area (Å²) in [6, 6.07) is 5.66. The second kappa shape index (κ2) is 4.60. The van der Waals surface area contributed by atoms with E-state index < -0.39 is 0 Å². The van der Waals surface area contributed by atoms with Crippen molar-refractivity contribution in [2.75, 3.05) is 6.61 Å². The van der Waals surface area contributed by atoms with Gasteiger partial charge >= 0.3 is 0 Å². The van der Waals surface area contributed by atoms with Crippen molar-refractivity contribution in [1.82, 2.24) is 0 Å². The molecule has 0 aromatic heterocycles. The van der Waals surface area contributed by atoms with Crippen molar-refractivity contribution in [3.8, 4) is 0 Å². The Morgan fingerprint density at radius 2 is 1.92 bits per heavy atom. The molecular weight excluding hydrogens is 220 g/mol. The van der Waals surface area contributed by atoms with E-state index in [2.05, 4.69) is 15.9 Å². The molecule has 66 valence electrons. The summed E-state index contributed by atoms with van der Waals surface area (Å²) in [5, 5.41) is 17.7. The first-order valence-electron chi connectivity index (χ1n) is 3.77. The lowest BCUT2D eigenvalue weighted by Gasteiger charge is -2.05. The van der Waals surface area contributed by atoms with E-state index in [-0.39, 0.29) is 13.2 Å². The van der Waals surface area contributed by atoms with E-state index >= 15 is 0 Å². The van der Waals surface area contributed by atoms with Crippen LogP contribution < -0.4 is 0 Å². The summed E-state index contributed by atoms with van der Waals surface area (Å²) in [6.07, 6.45) is 0.593. The zero-order valence-corrected chi connectivity index (χ0v) is 8.21. The molecule has 1 aromatic carbocycles. The highest BCUT2D eigenvalue weighted by molar-refractivity contribution is 9.10. The summed E-state index contributed by atoms with van der Waals surface area (Å²) < 4.78 is 0.975. The monoisotopic (exact) mass is 230 g/mol. The summed E-state index contributed by atoms with van der Waals surface area (Å²) in [5.74, 6) is 0. The van der Waals surface area contributed by atoms with Crippen LogP contribution in [0.4, 0.5) is 0 Å². The normalized spacial score (nSPS) is 10.2. The van der Waals surface area contributed by atoms with Gasteiger partial charge in [-0.25, -0.2) is 0 Å². The molecule has 0 fully saturated rings. The summed E-state index contributed by atoms with van der Waals surface area (Å²) in [5.41, 5.74) is 1.88. The van der Waals surface area contributed by atoms with Crippen molar-refractivity contribution in [2.45, 2.75) is 13.0 Å². The van der Waals surface area contributed by atoms with Crippen LogP contribution in [0.5, 0.6) is 0 Å². The third-order valence-corrected chi connectivity index (χ3v) is 2.21. The second-order valence-electron chi connectivity index (χ2n) is 2.54. The van der Waals surface area contributed by atoms with Crippen LogP contribution in [0.15, 0.2) is 22.7 Å². The molecule has 0 bridgehead atoms. The lowest BCUT2D eigenvalue weighted by Crippen LogP contribution is -1.97. The Morgan fingerprint density at radius 1 is 1.17 bits per heavy atom. The molecule has 2 N–H and O–H groups in total. The lowest BCUT2D eigenvalue weighted by molar-refractivity contribution is 0.276. The SMILES string of the molecule is OCCc1cc(Br)ccc1CO. The van der Waals surface area contributed by atoms with E-state index in [0.717, 1.165) is 15.6 Å². The standard InChI is InChI=1S/C9H11BrO2/c10-9-2-1-8(6-12)7(5-9)3-4-11/h1-2,5,11-12H,3-4,6H2. The molecule has 0 radical (unpaired) electrons. The van der Waals surface area contributed by atoms with Crippen LogP contribution in [0.2, 0.25) is 0 Å². The third-order valence-electron chi connectivity index (χ3n) is 1.72. The maximum atomic E-state index is 8.94. The highest BCUT2D eigenvalue weighted by Crippen LogP contribution is 2.17. The zero-order valence-electron chi connectivity index (χ0n) is 6.63. The van der Waals surface area contributed by atoms with E-state index in [1.807, 2.05) is 18.2 Å². The quantitative estimate of drug-likeness (QED) is 0.827. The fraction of sp³-hybridized carbons (Fsp3) is 0.333. The van der Waals surface area contributed by atoms with Gasteiger partial charge in [-0.3, -0.25) is 0 Å². The van der Waals surface area contributed by atoms with Gasteiger partial charge in [-0.15, -0.1) is 0 Å². The minimum atomic E-state index is 0.0304. The molecule has 0 amide bonds. The largest absolute Gasteiger partial charge is 0.396 e. The number of aliphatic hydroxyl groups excluding tert-OH is 2. The van der Waals surface area contributed by atoms with Crippen LogP contribution in [-0.4, -0.2) is 16.8 Å². The maximum absolute atomic E-state index is 8.94. The maximum Gasteiger partial charge on any atom is 0.0684 e. The van der Waals surface area contributed by atoms with Gasteiger partial charge in [-0.1, -0.05) is 22.0 Å². The first-order valence-corrected chi connectivity index (χ1v) is 4.56. The van der Waals surface area contributed by atoms with Crippen molar-refractivity contribution >= 4 is 15.9 Å². The summed E-state index contributed by atoms with van der Waals surface area (Å²) >= 11 is 3.33. The Bertz CT molecular complexity index is 261. The summed E-state index contributed by atoms with van der Waals surface area (Å²) in [6.45, 7) is 0.145. The van der Waals surface area contributed by atoms with E-state index in [1.165, 1.54) is 0 Å². The molecule has 0 saturated carbocycles. The van der Waals surface area contributed by atoms with Crippen LogP contribution >= 0.6 is 15.9 Å². The molecule has 12 heavy (non-hydrogen) atoms. The highest BCUT2D eigenvalue weighted by Gasteiger charge is 2.00. The molecular formula is C9H11BrO2. The molecule has 0 aliphatic carbocycles. The number of aliphatic hydroxyl groups is 2. The van der Waals surface area contributed by atoms with Gasteiger partial charge in [0.25, 0.3) is 0 Å². The molecule has 0 heterocycles. The lowest BCUT2D eigenvalue weighted by atomic mass is 10.1. The van der Waals surface area contributed by atoms with Crippen LogP contribution in [0, 0.1) is 0 Å². The van der Waals surface area contributed by atoms with E-state index in [9.17, 15) is 0 Å². The molecule has 0 atom stereocenters. The molecule has 1 rings (SSSR count). The molecule has 3 heteroatoms. The fourth-order valence-corrected chi connectivity index (χ4v) is 1.51. The Morgan fingerprint density at radius 3 is 2.50 bits per heavy atom. The average molecular weight is 231 g/mol. The molecule has 0 aliphatic rings. The fourth-order valence-electron chi connectivity index (χ4n) is 1.10. The van der Waals surface area contributed by atoms with Crippen molar-refractivity contribution in [3.05, 3.63) is 33.8 Å². The Kier molecular flexibility index (Phi) is 3.72. The number of hydrogen-bond donors (Lipinski definition) is 2. The van der Waals surface area contributed by atoms with Crippen LogP contribution in [0.25, 0.3) is 0 Å². The predicted molar refractivity (Wildman–Crippen MR) is 50.9 cm³/mol. The molecule has 0 aliphatic heterocycles. The predicted octanol–water partition coefficient (Wildman–Crippen LogP) is 1.48. The van der Waals surface area contributed by atoms with Crippen LogP contribution in [-0.2, 0) is 13.0 Å². The third kappa shape index (κ3) is 2.30. The van der Waals surface area contributed by atoms with Gasteiger partial charge in [0.05, 0.1) is 6.61 Å². The highest BCUT2D eigenvalue weighted by atomic mass is 79.9. The van der Waals surface area contributed by atoms with Gasteiger partial charge < -0.3 is 10.2 Å².